The lowest BCUT2D eigenvalue weighted by molar-refractivity contribution is -0.144. The molecule has 8 nitrogen and oxygen atoms in total. The quantitative estimate of drug-likeness (QED) is 0.435. The highest BCUT2D eigenvalue weighted by Crippen LogP contribution is 2.21. The number of alkyl halides is 6. The van der Waals surface area contributed by atoms with Gasteiger partial charge in [0.25, 0.3) is 5.91 Å². The van der Waals surface area contributed by atoms with Gasteiger partial charge in [-0.25, -0.2) is 4.98 Å². The van der Waals surface area contributed by atoms with Crippen molar-refractivity contribution in [3.05, 3.63) is 47.5 Å². The minimum absolute atomic E-state index is 0.0148. The number of imidazole rings is 1. The largest absolute Gasteiger partial charge is 0.408 e. The average molecular weight is 476 g/mol. The van der Waals surface area contributed by atoms with E-state index in [1.807, 2.05) is 0 Å². The van der Waals surface area contributed by atoms with Crippen LogP contribution in [0.4, 0.5) is 26.3 Å². The second-order valence-corrected chi connectivity index (χ2v) is 7.10. The molecule has 2 amide bonds. The van der Waals surface area contributed by atoms with Crippen LogP contribution in [0.3, 0.4) is 0 Å². The fourth-order valence-electron chi connectivity index (χ4n) is 2.92. The number of benzene rings is 1. The molecule has 0 aliphatic rings. The standard InChI is InChI=1S/C19H18F6N6O2/c20-18(21,22)5-3-16(32)26-8-11-1-2-12-13(7-11)30-15(29-12)9-27-17(33)14-4-6-28-31(14)10-19(23,24)25/h1-2,4,6-7H,3,5,8-10H2,(H,26,32)(H,27,33)(H,29,30). The van der Waals surface area contributed by atoms with Crippen LogP contribution in [0.2, 0.25) is 0 Å². The minimum Gasteiger partial charge on any atom is -0.352 e. The lowest BCUT2D eigenvalue weighted by Crippen LogP contribution is -2.29. The lowest BCUT2D eigenvalue weighted by atomic mass is 10.2. The fourth-order valence-corrected chi connectivity index (χ4v) is 2.92. The molecule has 0 saturated carbocycles. The second kappa shape index (κ2) is 9.50. The Morgan fingerprint density at radius 2 is 1.76 bits per heavy atom. The van der Waals surface area contributed by atoms with E-state index in [1.165, 1.54) is 0 Å². The number of amides is 2. The SMILES string of the molecule is O=C(CCC(F)(F)F)NCc1ccc2nc(CNC(=O)c3ccnn3CC(F)(F)F)[nH]c2c1. The molecule has 0 unspecified atom stereocenters. The van der Waals surface area contributed by atoms with Crippen LogP contribution in [0.5, 0.6) is 0 Å². The van der Waals surface area contributed by atoms with Crippen LogP contribution < -0.4 is 10.6 Å². The van der Waals surface area contributed by atoms with Gasteiger partial charge in [-0.3, -0.25) is 14.3 Å². The first-order valence-corrected chi connectivity index (χ1v) is 9.57. The van der Waals surface area contributed by atoms with Gasteiger partial charge in [0.05, 0.1) is 24.0 Å². The van der Waals surface area contributed by atoms with Crippen molar-refractivity contribution in [3.8, 4) is 0 Å². The van der Waals surface area contributed by atoms with Gasteiger partial charge in [0, 0.05) is 19.2 Å². The van der Waals surface area contributed by atoms with Crippen molar-refractivity contribution in [2.45, 2.75) is 44.8 Å². The van der Waals surface area contributed by atoms with E-state index in [-0.39, 0.29) is 18.8 Å². The molecule has 0 aliphatic carbocycles. The Bertz CT molecular complexity index is 1130. The van der Waals surface area contributed by atoms with Gasteiger partial charge in [0.15, 0.2) is 0 Å². The molecule has 0 aliphatic heterocycles. The Hall–Kier alpha value is -3.58. The summed E-state index contributed by atoms with van der Waals surface area (Å²) in [4.78, 5) is 31.0. The summed E-state index contributed by atoms with van der Waals surface area (Å²) < 4.78 is 74.8. The van der Waals surface area contributed by atoms with Gasteiger partial charge in [-0.05, 0) is 23.8 Å². The minimum atomic E-state index is -4.53. The van der Waals surface area contributed by atoms with Crippen molar-refractivity contribution >= 4 is 22.8 Å². The number of hydrogen-bond donors (Lipinski definition) is 3. The van der Waals surface area contributed by atoms with Gasteiger partial charge in [0.1, 0.15) is 18.1 Å². The number of fused-ring (bicyclic) bond motifs is 1. The molecule has 3 rings (SSSR count). The number of carbonyl (C=O) groups is 2. The molecule has 33 heavy (non-hydrogen) atoms. The maximum Gasteiger partial charge on any atom is 0.408 e. The number of rotatable bonds is 8. The highest BCUT2D eigenvalue weighted by molar-refractivity contribution is 5.92. The summed E-state index contributed by atoms with van der Waals surface area (Å²) in [6, 6.07) is 6.04. The van der Waals surface area contributed by atoms with Crippen LogP contribution in [0.1, 0.15) is 34.7 Å². The topological polar surface area (TPSA) is 105 Å². The molecule has 2 aromatic heterocycles. The zero-order valence-electron chi connectivity index (χ0n) is 16.8. The summed E-state index contributed by atoms with van der Waals surface area (Å²) in [7, 11) is 0. The zero-order chi connectivity index (χ0) is 24.2. The highest BCUT2D eigenvalue weighted by atomic mass is 19.4. The Kier molecular flexibility index (Phi) is 6.93. The van der Waals surface area contributed by atoms with Crippen molar-refractivity contribution < 1.29 is 35.9 Å². The Balaban J connectivity index is 1.57. The van der Waals surface area contributed by atoms with E-state index in [0.717, 1.165) is 12.3 Å². The van der Waals surface area contributed by atoms with Crippen molar-refractivity contribution in [1.82, 2.24) is 30.4 Å². The van der Waals surface area contributed by atoms with Crippen LogP contribution in [0, 0.1) is 0 Å². The molecule has 0 atom stereocenters. The number of hydrogen-bond acceptors (Lipinski definition) is 4. The van der Waals surface area contributed by atoms with Crippen molar-refractivity contribution in [3.63, 3.8) is 0 Å². The van der Waals surface area contributed by atoms with Gasteiger partial charge >= 0.3 is 12.4 Å². The van der Waals surface area contributed by atoms with E-state index in [0.29, 0.717) is 27.1 Å². The van der Waals surface area contributed by atoms with Gasteiger partial charge < -0.3 is 15.6 Å². The van der Waals surface area contributed by atoms with Crippen LogP contribution in [-0.4, -0.2) is 43.9 Å². The number of aromatic amines is 1. The third-order valence-corrected chi connectivity index (χ3v) is 4.42. The number of H-pyrrole nitrogens is 1. The highest BCUT2D eigenvalue weighted by Gasteiger charge is 2.30. The van der Waals surface area contributed by atoms with Crippen LogP contribution in [0.25, 0.3) is 11.0 Å². The Labute approximate surface area is 182 Å². The zero-order valence-corrected chi connectivity index (χ0v) is 16.8. The average Bonchev–Trinajstić information content (AvgIpc) is 3.33. The lowest BCUT2D eigenvalue weighted by Gasteiger charge is -2.10. The van der Waals surface area contributed by atoms with Crippen molar-refractivity contribution in [1.29, 1.82) is 0 Å². The second-order valence-electron chi connectivity index (χ2n) is 7.10. The number of carbonyl (C=O) groups excluding carboxylic acids is 2. The van der Waals surface area contributed by atoms with Crippen LogP contribution in [0.15, 0.2) is 30.5 Å². The fraction of sp³-hybridized carbons (Fsp3) is 0.368. The molecule has 0 saturated heterocycles. The monoisotopic (exact) mass is 476 g/mol. The number of halogens is 6. The molecule has 2 heterocycles. The first kappa shape index (κ1) is 24.1. The summed E-state index contributed by atoms with van der Waals surface area (Å²) in [5.41, 5.74) is 1.42. The third-order valence-electron chi connectivity index (χ3n) is 4.42. The molecular weight excluding hydrogens is 458 g/mol. The molecule has 1 aromatic carbocycles. The normalized spacial score (nSPS) is 12.2. The maximum absolute atomic E-state index is 12.6. The summed E-state index contributed by atoms with van der Waals surface area (Å²) >= 11 is 0. The van der Waals surface area contributed by atoms with Crippen molar-refractivity contribution in [2.24, 2.45) is 0 Å². The third kappa shape index (κ3) is 7.22. The maximum atomic E-state index is 12.6. The molecule has 0 spiro atoms. The predicted octanol–water partition coefficient (Wildman–Crippen LogP) is 3.21. The van der Waals surface area contributed by atoms with E-state index in [9.17, 15) is 35.9 Å². The molecule has 3 aromatic rings. The van der Waals surface area contributed by atoms with E-state index >= 15 is 0 Å². The molecule has 178 valence electrons. The number of nitrogens with zero attached hydrogens (tertiary/aromatic N) is 3. The van der Waals surface area contributed by atoms with E-state index in [4.69, 9.17) is 0 Å². The summed E-state index contributed by atoms with van der Waals surface area (Å²) in [6.45, 7) is -1.49. The van der Waals surface area contributed by atoms with Gasteiger partial charge in [-0.15, -0.1) is 0 Å². The van der Waals surface area contributed by atoms with Crippen molar-refractivity contribution in [2.75, 3.05) is 0 Å². The first-order valence-electron chi connectivity index (χ1n) is 9.57. The van der Waals surface area contributed by atoms with E-state index < -0.39 is 43.6 Å². The molecule has 0 fully saturated rings. The van der Waals surface area contributed by atoms with Crippen LogP contribution in [-0.2, 0) is 24.4 Å². The van der Waals surface area contributed by atoms with E-state index in [1.54, 1.807) is 18.2 Å². The number of nitrogens with one attached hydrogen (secondary N) is 3. The summed E-state index contributed by atoms with van der Waals surface area (Å²) in [6.07, 6.45) is -9.72. The first-order chi connectivity index (χ1) is 15.4. The van der Waals surface area contributed by atoms with Gasteiger partial charge in [-0.2, -0.15) is 31.4 Å². The molecule has 0 bridgehead atoms. The molecule has 3 N–H and O–H groups in total. The predicted molar refractivity (Wildman–Crippen MR) is 103 cm³/mol. The number of aromatic nitrogens is 4. The van der Waals surface area contributed by atoms with Crippen LogP contribution >= 0.6 is 0 Å². The summed E-state index contributed by atoms with van der Waals surface area (Å²) in [5, 5.41) is 8.36. The van der Waals surface area contributed by atoms with Gasteiger partial charge in [0.2, 0.25) is 5.91 Å². The molecule has 0 radical (unpaired) electrons. The molecule has 14 heteroatoms. The van der Waals surface area contributed by atoms with Gasteiger partial charge in [-0.1, -0.05) is 6.07 Å². The van der Waals surface area contributed by atoms with E-state index in [2.05, 4.69) is 25.7 Å². The smallest absolute Gasteiger partial charge is 0.352 e. The summed E-state index contributed by atoms with van der Waals surface area (Å²) in [5.74, 6) is -1.17. The Morgan fingerprint density at radius 3 is 2.45 bits per heavy atom. The Morgan fingerprint density at radius 1 is 1.00 bits per heavy atom. The molecular formula is C19H18F6N6O2.